The lowest BCUT2D eigenvalue weighted by Crippen LogP contribution is -2.54. The molecule has 0 radical (unpaired) electrons. The number of fused-ring (bicyclic) bond motifs is 1. The van der Waals surface area contributed by atoms with E-state index in [9.17, 15) is 19.2 Å². The molecule has 0 saturated carbocycles. The molecule has 2 aliphatic rings. The van der Waals surface area contributed by atoms with Gasteiger partial charge in [0.15, 0.2) is 0 Å². The molecule has 1 atom stereocenters. The quantitative estimate of drug-likeness (QED) is 0.437. The Bertz CT molecular complexity index is 718. The summed E-state index contributed by atoms with van der Waals surface area (Å²) in [7, 11) is 0. The van der Waals surface area contributed by atoms with E-state index in [1.807, 2.05) is 0 Å². The van der Waals surface area contributed by atoms with Crippen LogP contribution in [0.1, 0.15) is 33.6 Å². The van der Waals surface area contributed by atoms with Crippen LogP contribution in [0.4, 0.5) is 0 Å². The second-order valence-corrected chi connectivity index (χ2v) is 6.24. The summed E-state index contributed by atoms with van der Waals surface area (Å²) in [5.41, 5.74) is 0.415. The van der Waals surface area contributed by atoms with E-state index in [2.05, 4.69) is 27.9 Å². The van der Waals surface area contributed by atoms with Crippen LogP contribution < -0.4 is 10.1 Å². The number of hydrogen-bond donors (Lipinski definition) is 1. The normalized spacial score (nSPS) is 20.6. The Morgan fingerprint density at radius 3 is 2.70 bits per heavy atom. The number of benzene rings is 1. The molecule has 0 aromatic heterocycles. The first-order chi connectivity index (χ1) is 11.0. The van der Waals surface area contributed by atoms with Crippen LogP contribution in [0.5, 0.6) is 5.75 Å². The molecule has 1 unspecified atom stereocenters. The molecule has 1 N–H and O–H groups in total. The Balaban J connectivity index is 1.94. The van der Waals surface area contributed by atoms with Gasteiger partial charge in [-0.25, -0.2) is 0 Å². The van der Waals surface area contributed by atoms with Crippen molar-refractivity contribution >= 4 is 46.2 Å². The fraction of sp³-hybridized carbons (Fsp3) is 0.333. The molecule has 1 aromatic rings. The van der Waals surface area contributed by atoms with Crippen LogP contribution in [0.2, 0.25) is 0 Å². The third-order valence-corrected chi connectivity index (χ3v) is 4.20. The summed E-state index contributed by atoms with van der Waals surface area (Å²) in [4.78, 5) is 49.4. The van der Waals surface area contributed by atoms with Crippen molar-refractivity contribution in [1.82, 2.24) is 10.2 Å². The number of nitrogens with one attached hydrogen (secondary N) is 1. The number of carbonyl (C=O) groups excluding carboxylic acids is 4. The molecule has 0 bridgehead atoms. The fourth-order valence-corrected chi connectivity index (χ4v) is 2.97. The standard InChI is InChI=1S/C15H13IN2O5/c16-6-7-23-10-3-1-2-8-12(10)15(22)18(14(8)21)9-4-5-11(19)17-13(9)20/h1-3,9H,4-7H2,(H,17,19,20). The van der Waals surface area contributed by atoms with Crippen molar-refractivity contribution in [1.29, 1.82) is 0 Å². The smallest absolute Gasteiger partial charge is 0.266 e. The average Bonchev–Trinajstić information content (AvgIpc) is 2.78. The van der Waals surface area contributed by atoms with Crippen molar-refractivity contribution in [2.45, 2.75) is 18.9 Å². The highest BCUT2D eigenvalue weighted by molar-refractivity contribution is 14.1. The van der Waals surface area contributed by atoms with Gasteiger partial charge in [-0.15, -0.1) is 0 Å². The minimum absolute atomic E-state index is 0.0992. The molecule has 1 saturated heterocycles. The maximum Gasteiger partial charge on any atom is 0.266 e. The lowest BCUT2D eigenvalue weighted by atomic mass is 10.0. The molecule has 2 aliphatic heterocycles. The Kier molecular flexibility index (Phi) is 4.33. The van der Waals surface area contributed by atoms with Crippen molar-refractivity contribution in [2.75, 3.05) is 11.0 Å². The second-order valence-electron chi connectivity index (χ2n) is 5.16. The monoisotopic (exact) mass is 428 g/mol. The maximum absolute atomic E-state index is 12.7. The Hall–Kier alpha value is -1.97. The number of alkyl halides is 1. The minimum Gasteiger partial charge on any atom is -0.492 e. The first kappa shape index (κ1) is 15.9. The van der Waals surface area contributed by atoms with Crippen molar-refractivity contribution in [3.05, 3.63) is 29.3 Å². The summed E-state index contributed by atoms with van der Waals surface area (Å²) in [5.74, 6) is -1.75. The van der Waals surface area contributed by atoms with Crippen molar-refractivity contribution < 1.29 is 23.9 Å². The van der Waals surface area contributed by atoms with E-state index < -0.39 is 29.7 Å². The van der Waals surface area contributed by atoms with Gasteiger partial charge in [0.2, 0.25) is 11.8 Å². The molecule has 120 valence electrons. The van der Waals surface area contributed by atoms with Gasteiger partial charge >= 0.3 is 0 Å². The van der Waals surface area contributed by atoms with Gasteiger partial charge < -0.3 is 4.74 Å². The van der Waals surface area contributed by atoms with E-state index in [-0.39, 0.29) is 24.0 Å². The molecule has 8 heteroatoms. The lowest BCUT2D eigenvalue weighted by Gasteiger charge is -2.27. The molecule has 1 aromatic carbocycles. The van der Waals surface area contributed by atoms with Gasteiger partial charge in [-0.2, -0.15) is 0 Å². The van der Waals surface area contributed by atoms with E-state index in [1.165, 1.54) is 0 Å². The van der Waals surface area contributed by atoms with Crippen molar-refractivity contribution in [3.8, 4) is 5.75 Å². The summed E-state index contributed by atoms with van der Waals surface area (Å²) in [6, 6.07) is 3.85. The van der Waals surface area contributed by atoms with E-state index in [4.69, 9.17) is 4.74 Å². The fourth-order valence-electron chi connectivity index (χ4n) is 2.75. The highest BCUT2D eigenvalue weighted by atomic mass is 127. The molecule has 23 heavy (non-hydrogen) atoms. The van der Waals surface area contributed by atoms with Crippen molar-refractivity contribution in [2.24, 2.45) is 0 Å². The predicted molar refractivity (Wildman–Crippen MR) is 87.5 cm³/mol. The van der Waals surface area contributed by atoms with Crippen LogP contribution in [-0.4, -0.2) is 45.6 Å². The first-order valence-electron chi connectivity index (χ1n) is 7.08. The van der Waals surface area contributed by atoms with Gasteiger partial charge in [-0.05, 0) is 18.6 Å². The molecule has 2 heterocycles. The summed E-state index contributed by atoms with van der Waals surface area (Å²) in [6.07, 6.45) is 0.238. The van der Waals surface area contributed by atoms with Gasteiger partial charge in [0, 0.05) is 10.8 Å². The molecule has 0 spiro atoms. The number of piperidine rings is 1. The van der Waals surface area contributed by atoms with Crippen LogP contribution in [0, 0.1) is 0 Å². The van der Waals surface area contributed by atoms with E-state index in [0.717, 1.165) is 9.33 Å². The summed E-state index contributed by atoms with van der Waals surface area (Å²) in [6.45, 7) is 0.414. The van der Waals surface area contributed by atoms with Crippen LogP contribution in [-0.2, 0) is 9.59 Å². The molecule has 7 nitrogen and oxygen atoms in total. The molecule has 0 aliphatic carbocycles. The van der Waals surface area contributed by atoms with Crippen molar-refractivity contribution in [3.63, 3.8) is 0 Å². The van der Waals surface area contributed by atoms with E-state index >= 15 is 0 Å². The molecule has 3 rings (SSSR count). The Morgan fingerprint density at radius 1 is 1.22 bits per heavy atom. The predicted octanol–water partition coefficient (Wildman–Crippen LogP) is 0.902. The van der Waals surface area contributed by atoms with Crippen LogP contribution >= 0.6 is 22.6 Å². The average molecular weight is 428 g/mol. The number of ether oxygens (including phenoxy) is 1. The van der Waals surface area contributed by atoms with Gasteiger partial charge in [0.25, 0.3) is 11.8 Å². The first-order valence-corrected chi connectivity index (χ1v) is 8.60. The number of halogens is 1. The largest absolute Gasteiger partial charge is 0.492 e. The van der Waals surface area contributed by atoms with Crippen LogP contribution in [0.3, 0.4) is 0 Å². The summed E-state index contributed by atoms with van der Waals surface area (Å²) < 4.78 is 6.27. The zero-order chi connectivity index (χ0) is 16.6. The number of amides is 4. The Labute approximate surface area is 145 Å². The number of nitrogens with zero attached hydrogens (tertiary/aromatic N) is 1. The lowest BCUT2D eigenvalue weighted by molar-refractivity contribution is -0.136. The van der Waals surface area contributed by atoms with Crippen LogP contribution in [0.25, 0.3) is 0 Å². The van der Waals surface area contributed by atoms with E-state index in [0.29, 0.717) is 12.4 Å². The maximum atomic E-state index is 12.7. The molecular weight excluding hydrogens is 415 g/mol. The third-order valence-electron chi connectivity index (χ3n) is 3.76. The van der Waals surface area contributed by atoms with Gasteiger partial charge in [-0.1, -0.05) is 28.7 Å². The van der Waals surface area contributed by atoms with E-state index in [1.54, 1.807) is 18.2 Å². The molecule has 1 fully saturated rings. The van der Waals surface area contributed by atoms with Gasteiger partial charge in [0.05, 0.1) is 17.7 Å². The number of imide groups is 2. The number of carbonyl (C=O) groups is 4. The molecule has 4 amide bonds. The number of rotatable bonds is 4. The topological polar surface area (TPSA) is 92.8 Å². The minimum atomic E-state index is -0.961. The summed E-state index contributed by atoms with van der Waals surface area (Å²) in [5, 5.41) is 2.17. The Morgan fingerprint density at radius 2 is 2.00 bits per heavy atom. The van der Waals surface area contributed by atoms with Crippen LogP contribution in [0.15, 0.2) is 18.2 Å². The van der Waals surface area contributed by atoms with Gasteiger partial charge in [0.1, 0.15) is 11.8 Å². The zero-order valence-electron chi connectivity index (χ0n) is 12.0. The highest BCUT2D eigenvalue weighted by Crippen LogP contribution is 2.33. The SMILES string of the molecule is O=C1CCC(N2C(=O)c3cccc(OCCI)c3C2=O)C(=O)N1. The second kappa shape index (κ2) is 6.26. The highest BCUT2D eigenvalue weighted by Gasteiger charge is 2.45. The zero-order valence-corrected chi connectivity index (χ0v) is 14.2. The van der Waals surface area contributed by atoms with Gasteiger partial charge in [-0.3, -0.25) is 29.4 Å². The third kappa shape index (κ3) is 2.71. The molecular formula is C15H13IN2O5. The number of hydrogen-bond acceptors (Lipinski definition) is 5. The summed E-state index contributed by atoms with van der Waals surface area (Å²) >= 11 is 2.14.